The van der Waals surface area contributed by atoms with Crippen LogP contribution in [0.3, 0.4) is 0 Å². The number of benzene rings is 1. The summed E-state index contributed by atoms with van der Waals surface area (Å²) in [6, 6.07) is 6.83. The monoisotopic (exact) mass is 532 g/mol. The highest BCUT2D eigenvalue weighted by atomic mass is 16.5. The van der Waals surface area contributed by atoms with Gasteiger partial charge in [0.15, 0.2) is 0 Å². The molecule has 0 spiro atoms. The van der Waals surface area contributed by atoms with Crippen molar-refractivity contribution >= 4 is 11.9 Å². The Morgan fingerprint density at radius 2 is 0.842 bits per heavy atom. The topological polar surface area (TPSA) is 59.1 Å². The molecule has 0 unspecified atom stereocenters. The second-order valence-electron chi connectivity index (χ2n) is 10.3. The van der Waals surface area contributed by atoms with Crippen molar-refractivity contribution in [3.05, 3.63) is 35.4 Å². The lowest BCUT2D eigenvalue weighted by Gasteiger charge is -2.22. The SMILES string of the molecule is CCCCCN(CCCCC)CCOC(=O)c1ccccc1C(=O)OCCN(CCCCC)CCCCC. The molecule has 218 valence electrons. The fourth-order valence-electron chi connectivity index (χ4n) is 4.54. The second-order valence-corrected chi connectivity index (χ2v) is 10.3. The molecule has 0 aliphatic heterocycles. The second kappa shape index (κ2) is 23.0. The van der Waals surface area contributed by atoms with Crippen molar-refractivity contribution in [3.63, 3.8) is 0 Å². The van der Waals surface area contributed by atoms with E-state index in [1.54, 1.807) is 24.3 Å². The minimum atomic E-state index is -0.458. The van der Waals surface area contributed by atoms with E-state index in [4.69, 9.17) is 9.47 Å². The van der Waals surface area contributed by atoms with E-state index in [-0.39, 0.29) is 11.1 Å². The highest BCUT2D eigenvalue weighted by molar-refractivity contribution is 6.03. The molecule has 0 aromatic heterocycles. The maximum Gasteiger partial charge on any atom is 0.339 e. The van der Waals surface area contributed by atoms with Gasteiger partial charge in [-0.3, -0.25) is 9.80 Å². The molecule has 0 aliphatic carbocycles. The molecule has 0 heterocycles. The Balaban J connectivity index is 2.61. The molecule has 0 saturated heterocycles. The molecule has 0 radical (unpaired) electrons. The predicted octanol–water partition coefficient (Wildman–Crippen LogP) is 7.37. The van der Waals surface area contributed by atoms with Gasteiger partial charge in [0, 0.05) is 13.1 Å². The molecule has 0 N–H and O–H groups in total. The molecular formula is C32H56N2O4. The zero-order chi connectivity index (χ0) is 27.8. The van der Waals surface area contributed by atoms with E-state index in [0.29, 0.717) is 13.2 Å². The molecule has 0 fully saturated rings. The Morgan fingerprint density at radius 3 is 1.13 bits per heavy atom. The van der Waals surface area contributed by atoms with Crippen molar-refractivity contribution in [3.8, 4) is 0 Å². The largest absolute Gasteiger partial charge is 0.461 e. The van der Waals surface area contributed by atoms with Crippen LogP contribution in [0.25, 0.3) is 0 Å². The molecule has 0 saturated carbocycles. The Bertz CT molecular complexity index is 659. The van der Waals surface area contributed by atoms with Crippen molar-refractivity contribution < 1.29 is 19.1 Å². The van der Waals surface area contributed by atoms with Crippen molar-refractivity contribution in [2.75, 3.05) is 52.5 Å². The van der Waals surface area contributed by atoms with E-state index in [1.165, 1.54) is 77.0 Å². The van der Waals surface area contributed by atoms with Gasteiger partial charge in [-0.1, -0.05) is 91.2 Å². The lowest BCUT2D eigenvalue weighted by atomic mass is 10.1. The third-order valence-corrected chi connectivity index (χ3v) is 6.96. The highest BCUT2D eigenvalue weighted by Gasteiger charge is 2.19. The average molecular weight is 533 g/mol. The minimum absolute atomic E-state index is 0.281. The molecule has 1 rings (SSSR count). The number of nitrogens with zero attached hydrogens (tertiary/aromatic N) is 2. The molecule has 1 aromatic rings. The van der Waals surface area contributed by atoms with Gasteiger partial charge in [0.25, 0.3) is 0 Å². The molecule has 38 heavy (non-hydrogen) atoms. The zero-order valence-electron chi connectivity index (χ0n) is 25.0. The Hall–Kier alpha value is -1.92. The van der Waals surface area contributed by atoms with Gasteiger partial charge >= 0.3 is 11.9 Å². The molecular weight excluding hydrogens is 476 g/mol. The van der Waals surface area contributed by atoms with E-state index >= 15 is 0 Å². The molecule has 6 nitrogen and oxygen atoms in total. The Morgan fingerprint density at radius 1 is 0.526 bits per heavy atom. The van der Waals surface area contributed by atoms with Crippen LogP contribution in [0, 0.1) is 0 Å². The standard InChI is InChI=1S/C32H56N2O4/c1-5-9-15-21-33(22-16-10-6-2)25-27-37-31(35)29-19-13-14-20-30(29)32(36)38-28-26-34(23-17-11-7-3)24-18-12-8-4/h13-14,19-20H,5-12,15-18,21-28H2,1-4H3. The van der Waals surface area contributed by atoms with Crippen molar-refractivity contribution in [2.24, 2.45) is 0 Å². The van der Waals surface area contributed by atoms with Crippen LogP contribution in [0.2, 0.25) is 0 Å². The van der Waals surface area contributed by atoms with E-state index < -0.39 is 11.9 Å². The average Bonchev–Trinajstić information content (AvgIpc) is 2.92. The third-order valence-electron chi connectivity index (χ3n) is 6.96. The fourth-order valence-corrected chi connectivity index (χ4v) is 4.54. The fraction of sp³-hybridized carbons (Fsp3) is 0.750. The van der Waals surface area contributed by atoms with Crippen LogP contribution in [-0.2, 0) is 9.47 Å². The maximum absolute atomic E-state index is 12.9. The van der Waals surface area contributed by atoms with Crippen LogP contribution in [0.1, 0.15) is 125 Å². The van der Waals surface area contributed by atoms with Gasteiger partial charge in [-0.05, 0) is 64.0 Å². The number of ether oxygens (including phenoxy) is 2. The van der Waals surface area contributed by atoms with Gasteiger partial charge in [0.2, 0.25) is 0 Å². The number of carbonyl (C=O) groups excluding carboxylic acids is 2. The minimum Gasteiger partial charge on any atom is -0.461 e. The number of unbranched alkanes of at least 4 members (excludes halogenated alkanes) is 8. The van der Waals surface area contributed by atoms with Crippen molar-refractivity contribution in [2.45, 2.75) is 105 Å². The van der Waals surface area contributed by atoms with Gasteiger partial charge < -0.3 is 9.47 Å². The first-order valence-electron chi connectivity index (χ1n) is 15.4. The number of carbonyl (C=O) groups is 2. The number of esters is 2. The molecule has 1 aromatic carbocycles. The highest BCUT2D eigenvalue weighted by Crippen LogP contribution is 2.13. The van der Waals surface area contributed by atoms with Gasteiger partial charge in [0.1, 0.15) is 13.2 Å². The first kappa shape index (κ1) is 34.1. The summed E-state index contributed by atoms with van der Waals surface area (Å²) in [5, 5.41) is 0. The smallest absolute Gasteiger partial charge is 0.339 e. The molecule has 6 heteroatoms. The van der Waals surface area contributed by atoms with Crippen molar-refractivity contribution in [1.29, 1.82) is 0 Å². The first-order chi connectivity index (χ1) is 18.6. The summed E-state index contributed by atoms with van der Waals surface area (Å²) in [6.45, 7) is 15.1. The lowest BCUT2D eigenvalue weighted by molar-refractivity contribution is 0.0413. The number of hydrogen-bond acceptors (Lipinski definition) is 6. The van der Waals surface area contributed by atoms with Crippen LogP contribution in [0.5, 0.6) is 0 Å². The van der Waals surface area contributed by atoms with Crippen LogP contribution in [0.4, 0.5) is 0 Å². The molecule has 0 bridgehead atoms. The number of hydrogen-bond donors (Lipinski definition) is 0. The zero-order valence-corrected chi connectivity index (χ0v) is 25.0. The quantitative estimate of drug-likeness (QED) is 0.102. The van der Waals surface area contributed by atoms with Crippen LogP contribution in [-0.4, -0.2) is 74.2 Å². The Kier molecular flexibility index (Phi) is 20.7. The molecule has 0 aliphatic rings. The summed E-state index contributed by atoms with van der Waals surface area (Å²) in [5.74, 6) is -0.916. The summed E-state index contributed by atoms with van der Waals surface area (Å²) < 4.78 is 11.2. The lowest BCUT2D eigenvalue weighted by Crippen LogP contribution is -2.31. The van der Waals surface area contributed by atoms with Gasteiger partial charge in [-0.2, -0.15) is 0 Å². The Labute approximate surface area is 233 Å². The summed E-state index contributed by atoms with van der Waals surface area (Å²) in [5.41, 5.74) is 0.563. The first-order valence-corrected chi connectivity index (χ1v) is 15.4. The maximum atomic E-state index is 12.9. The van der Waals surface area contributed by atoms with E-state index in [0.717, 1.165) is 39.3 Å². The van der Waals surface area contributed by atoms with E-state index in [9.17, 15) is 9.59 Å². The summed E-state index contributed by atoms with van der Waals surface area (Å²) >= 11 is 0. The van der Waals surface area contributed by atoms with Gasteiger partial charge in [0.05, 0.1) is 11.1 Å². The summed E-state index contributed by atoms with van der Waals surface area (Å²) in [6.07, 6.45) is 14.3. The molecule has 0 amide bonds. The summed E-state index contributed by atoms with van der Waals surface area (Å²) in [7, 11) is 0. The van der Waals surface area contributed by atoms with E-state index in [2.05, 4.69) is 37.5 Å². The molecule has 0 atom stereocenters. The van der Waals surface area contributed by atoms with Gasteiger partial charge in [-0.15, -0.1) is 0 Å². The predicted molar refractivity (Wildman–Crippen MR) is 158 cm³/mol. The summed E-state index contributed by atoms with van der Waals surface area (Å²) in [4.78, 5) is 30.6. The normalized spacial score (nSPS) is 11.3. The number of rotatable bonds is 24. The van der Waals surface area contributed by atoms with Crippen molar-refractivity contribution in [1.82, 2.24) is 9.80 Å². The van der Waals surface area contributed by atoms with Crippen LogP contribution < -0.4 is 0 Å². The van der Waals surface area contributed by atoms with Gasteiger partial charge in [-0.25, -0.2) is 9.59 Å². The third kappa shape index (κ3) is 15.5. The van der Waals surface area contributed by atoms with E-state index in [1.807, 2.05) is 0 Å². The van der Waals surface area contributed by atoms with Crippen LogP contribution >= 0.6 is 0 Å². The van der Waals surface area contributed by atoms with Crippen LogP contribution in [0.15, 0.2) is 24.3 Å².